The molecular formula is C23H19Cl2FO2. The van der Waals surface area contributed by atoms with Crippen LogP contribution in [0.1, 0.15) is 11.1 Å². The van der Waals surface area contributed by atoms with Crippen LogP contribution in [0.4, 0.5) is 4.39 Å². The van der Waals surface area contributed by atoms with Crippen LogP contribution < -0.4 is 4.74 Å². The molecule has 0 unspecified atom stereocenters. The van der Waals surface area contributed by atoms with E-state index in [-0.39, 0.29) is 22.6 Å². The van der Waals surface area contributed by atoms with Crippen molar-refractivity contribution in [3.05, 3.63) is 82.1 Å². The molecule has 0 bridgehead atoms. The molecule has 3 rings (SSSR count). The topological polar surface area (TPSA) is 29.5 Å². The van der Waals surface area contributed by atoms with Gasteiger partial charge in [0.2, 0.25) is 0 Å². The Balaban J connectivity index is 1.91. The van der Waals surface area contributed by atoms with Crippen molar-refractivity contribution in [2.45, 2.75) is 13.8 Å². The highest BCUT2D eigenvalue weighted by molar-refractivity contribution is 6.55. The highest BCUT2D eigenvalue weighted by Gasteiger charge is 2.11. The number of hydrogen-bond donors (Lipinski definition) is 1. The highest BCUT2D eigenvalue weighted by atomic mass is 35.5. The molecule has 144 valence electrons. The SMILES string of the molecule is Cc1cc(-c2ccc(OCC=C(Cl)Cl)c(F)c2)c(C)cc1-c1ccc(O)cc1. The molecular weight excluding hydrogens is 398 g/mol. The first-order valence-electron chi connectivity index (χ1n) is 8.69. The Kier molecular flexibility index (Phi) is 6.28. The van der Waals surface area contributed by atoms with E-state index in [1.54, 1.807) is 18.2 Å². The lowest BCUT2D eigenvalue weighted by molar-refractivity contribution is 0.342. The van der Waals surface area contributed by atoms with Gasteiger partial charge in [-0.2, -0.15) is 0 Å². The molecule has 3 aromatic carbocycles. The van der Waals surface area contributed by atoms with Crippen molar-refractivity contribution in [3.8, 4) is 33.8 Å². The fraction of sp³-hybridized carbons (Fsp3) is 0.130. The smallest absolute Gasteiger partial charge is 0.165 e. The van der Waals surface area contributed by atoms with E-state index in [1.165, 1.54) is 12.1 Å². The van der Waals surface area contributed by atoms with Gasteiger partial charge in [0, 0.05) is 0 Å². The number of ether oxygens (including phenoxy) is 1. The lowest BCUT2D eigenvalue weighted by Gasteiger charge is -2.14. The second kappa shape index (κ2) is 8.68. The van der Waals surface area contributed by atoms with E-state index in [0.717, 1.165) is 33.4 Å². The number of phenols is 1. The van der Waals surface area contributed by atoms with Gasteiger partial charge in [0.1, 0.15) is 16.8 Å². The second-order valence-electron chi connectivity index (χ2n) is 6.48. The van der Waals surface area contributed by atoms with Crippen molar-refractivity contribution < 1.29 is 14.2 Å². The fourth-order valence-electron chi connectivity index (χ4n) is 3.06. The summed E-state index contributed by atoms with van der Waals surface area (Å²) in [6, 6.07) is 16.1. The minimum absolute atomic E-state index is 0.0804. The maximum atomic E-state index is 14.4. The lowest BCUT2D eigenvalue weighted by atomic mass is 9.92. The van der Waals surface area contributed by atoms with Crippen LogP contribution in [-0.2, 0) is 0 Å². The lowest BCUT2D eigenvalue weighted by Crippen LogP contribution is -1.97. The van der Waals surface area contributed by atoms with E-state index in [2.05, 4.69) is 6.07 Å². The monoisotopic (exact) mass is 416 g/mol. The van der Waals surface area contributed by atoms with Crippen LogP contribution in [0, 0.1) is 19.7 Å². The van der Waals surface area contributed by atoms with Gasteiger partial charge in [0.15, 0.2) is 11.6 Å². The molecule has 28 heavy (non-hydrogen) atoms. The molecule has 0 heterocycles. The molecule has 0 spiro atoms. The van der Waals surface area contributed by atoms with E-state index in [1.807, 2.05) is 38.1 Å². The molecule has 0 fully saturated rings. The molecule has 0 saturated carbocycles. The summed E-state index contributed by atoms with van der Waals surface area (Å²) >= 11 is 11.1. The Morgan fingerprint density at radius 1 is 0.929 bits per heavy atom. The maximum Gasteiger partial charge on any atom is 0.165 e. The average Bonchev–Trinajstić information content (AvgIpc) is 2.65. The van der Waals surface area contributed by atoms with Gasteiger partial charge in [0.05, 0.1) is 0 Å². The summed E-state index contributed by atoms with van der Waals surface area (Å²) in [6.45, 7) is 4.10. The molecule has 0 saturated heterocycles. The van der Waals surface area contributed by atoms with E-state index in [4.69, 9.17) is 27.9 Å². The van der Waals surface area contributed by atoms with Gasteiger partial charge in [-0.15, -0.1) is 0 Å². The number of aryl methyl sites for hydroxylation is 2. The van der Waals surface area contributed by atoms with Crippen molar-refractivity contribution in [3.63, 3.8) is 0 Å². The molecule has 2 nitrogen and oxygen atoms in total. The average molecular weight is 417 g/mol. The van der Waals surface area contributed by atoms with Gasteiger partial charge in [-0.25, -0.2) is 4.39 Å². The third-order valence-electron chi connectivity index (χ3n) is 4.47. The van der Waals surface area contributed by atoms with Gasteiger partial charge in [-0.1, -0.05) is 53.5 Å². The number of hydrogen-bond acceptors (Lipinski definition) is 2. The van der Waals surface area contributed by atoms with Crippen LogP contribution in [0.15, 0.2) is 65.2 Å². The number of phenolic OH excluding ortho intramolecular Hbond substituents is 1. The normalized spacial score (nSPS) is 10.6. The van der Waals surface area contributed by atoms with Crippen molar-refractivity contribution in [2.24, 2.45) is 0 Å². The molecule has 3 aromatic rings. The molecule has 1 N–H and O–H groups in total. The standard InChI is InChI=1S/C23H19Cl2FO2/c1-14-12-20(15(2)11-19(14)16-3-6-18(27)7-4-16)17-5-8-22(21(26)13-17)28-10-9-23(24)25/h3-9,11-13,27H,10H2,1-2H3. The summed E-state index contributed by atoms with van der Waals surface area (Å²) in [5.41, 5.74) is 5.91. The summed E-state index contributed by atoms with van der Waals surface area (Å²) in [5, 5.41) is 9.49. The van der Waals surface area contributed by atoms with Crippen molar-refractivity contribution in [1.82, 2.24) is 0 Å². The predicted molar refractivity (Wildman–Crippen MR) is 114 cm³/mol. The predicted octanol–water partition coefficient (Wildman–Crippen LogP) is 7.18. The molecule has 0 aliphatic carbocycles. The first-order valence-corrected chi connectivity index (χ1v) is 9.45. The summed E-state index contributed by atoms with van der Waals surface area (Å²) in [7, 11) is 0. The molecule has 5 heteroatoms. The third-order valence-corrected chi connectivity index (χ3v) is 4.78. The van der Waals surface area contributed by atoms with Crippen LogP contribution in [0.3, 0.4) is 0 Å². The molecule has 0 radical (unpaired) electrons. The van der Waals surface area contributed by atoms with E-state index in [9.17, 15) is 9.50 Å². The second-order valence-corrected chi connectivity index (χ2v) is 7.49. The van der Waals surface area contributed by atoms with E-state index in [0.29, 0.717) is 0 Å². The molecule has 0 atom stereocenters. The van der Waals surface area contributed by atoms with Crippen LogP contribution in [-0.4, -0.2) is 11.7 Å². The summed E-state index contributed by atoms with van der Waals surface area (Å²) in [5.74, 6) is -0.0720. The van der Waals surface area contributed by atoms with Crippen molar-refractivity contribution in [1.29, 1.82) is 0 Å². The first-order chi connectivity index (χ1) is 13.3. The minimum atomic E-state index is -0.448. The van der Waals surface area contributed by atoms with Gasteiger partial charge in [-0.05, 0) is 77.6 Å². The number of benzene rings is 3. The zero-order chi connectivity index (χ0) is 20.3. The highest BCUT2D eigenvalue weighted by Crippen LogP contribution is 2.34. The van der Waals surface area contributed by atoms with Crippen LogP contribution in [0.25, 0.3) is 22.3 Å². The fourth-order valence-corrected chi connectivity index (χ4v) is 3.19. The molecule has 0 amide bonds. The van der Waals surface area contributed by atoms with Gasteiger partial charge < -0.3 is 9.84 Å². The summed E-state index contributed by atoms with van der Waals surface area (Å²) in [4.78, 5) is 0. The Labute approximate surface area is 173 Å². The number of rotatable bonds is 5. The zero-order valence-corrected chi connectivity index (χ0v) is 17.0. The Hall–Kier alpha value is -2.49. The zero-order valence-electron chi connectivity index (χ0n) is 15.5. The summed E-state index contributed by atoms with van der Waals surface area (Å²) < 4.78 is 19.9. The van der Waals surface area contributed by atoms with Crippen LogP contribution >= 0.6 is 23.2 Å². The van der Waals surface area contributed by atoms with Crippen molar-refractivity contribution in [2.75, 3.05) is 6.61 Å². The largest absolute Gasteiger partial charge is 0.508 e. The van der Waals surface area contributed by atoms with Gasteiger partial charge in [0.25, 0.3) is 0 Å². The van der Waals surface area contributed by atoms with Gasteiger partial charge >= 0.3 is 0 Å². The Morgan fingerprint density at radius 2 is 1.50 bits per heavy atom. The summed E-state index contributed by atoms with van der Waals surface area (Å²) in [6.07, 6.45) is 1.45. The van der Waals surface area contributed by atoms with Crippen LogP contribution in [0.2, 0.25) is 0 Å². The first kappa shape index (κ1) is 20.2. The van der Waals surface area contributed by atoms with E-state index < -0.39 is 5.82 Å². The third kappa shape index (κ3) is 4.67. The quantitative estimate of drug-likeness (QED) is 0.477. The molecule has 0 aliphatic rings. The van der Waals surface area contributed by atoms with Gasteiger partial charge in [-0.3, -0.25) is 0 Å². The van der Waals surface area contributed by atoms with Crippen LogP contribution in [0.5, 0.6) is 11.5 Å². The minimum Gasteiger partial charge on any atom is -0.508 e. The molecule has 0 aromatic heterocycles. The molecule has 0 aliphatic heterocycles. The number of aromatic hydroxyl groups is 1. The Bertz CT molecular complexity index is 1020. The van der Waals surface area contributed by atoms with Crippen molar-refractivity contribution >= 4 is 23.2 Å². The number of halogens is 3. The Morgan fingerprint density at radius 3 is 2.07 bits per heavy atom. The van der Waals surface area contributed by atoms with E-state index >= 15 is 0 Å². The maximum absolute atomic E-state index is 14.4.